The number of nitrogens with one attached hydrogen (secondary N) is 1. The second-order valence-corrected chi connectivity index (χ2v) is 9.14. The molecule has 1 aliphatic carbocycles. The predicted octanol–water partition coefficient (Wildman–Crippen LogP) is 3.24. The topological polar surface area (TPSA) is 84.9 Å². The maximum Gasteiger partial charge on any atom is 0.243 e. The monoisotopic (exact) mass is 416 g/mol. The molecule has 2 fully saturated rings. The Bertz CT molecular complexity index is 968. The Hall–Kier alpha value is -2.42. The first-order chi connectivity index (χ1) is 14.0. The van der Waals surface area contributed by atoms with Gasteiger partial charge in [0, 0.05) is 19.0 Å². The molecule has 1 aliphatic heterocycles. The smallest absolute Gasteiger partial charge is 0.243 e. The van der Waals surface area contributed by atoms with Crippen LogP contribution < -0.4 is 10.1 Å². The van der Waals surface area contributed by atoms with Crippen LogP contribution in [0.15, 0.2) is 53.4 Å². The summed E-state index contributed by atoms with van der Waals surface area (Å²) >= 11 is 0. The first kappa shape index (κ1) is 19.9. The zero-order valence-electron chi connectivity index (χ0n) is 16.0. The summed E-state index contributed by atoms with van der Waals surface area (Å²) in [5.41, 5.74) is 0.361. The van der Waals surface area contributed by atoms with Crippen LogP contribution in [0.3, 0.4) is 0 Å². The summed E-state index contributed by atoms with van der Waals surface area (Å²) in [5, 5.41) is 2.88. The summed E-state index contributed by atoms with van der Waals surface area (Å²) in [6.07, 6.45) is 2.75. The molecule has 1 N–H and O–H groups in total. The van der Waals surface area contributed by atoms with Crippen molar-refractivity contribution in [3.05, 3.63) is 48.5 Å². The van der Waals surface area contributed by atoms with E-state index in [-0.39, 0.29) is 16.7 Å². The average Bonchev–Trinajstić information content (AvgIpc) is 2.69. The van der Waals surface area contributed by atoms with Gasteiger partial charge in [-0.3, -0.25) is 4.79 Å². The molecule has 1 saturated carbocycles. The molecule has 0 atom stereocenters. The van der Waals surface area contributed by atoms with E-state index in [1.807, 2.05) is 18.2 Å². The number of carbonyl (C=O) groups is 1. The van der Waals surface area contributed by atoms with E-state index in [0.29, 0.717) is 43.5 Å². The molecule has 154 valence electrons. The SMILES string of the molecule is O=C(Nc1cc(S(=O)(=O)N2CCOCC2)ccc1Oc1ccccc1)C1CCC1. The molecule has 1 heterocycles. The van der Waals surface area contributed by atoms with Gasteiger partial charge in [0.25, 0.3) is 0 Å². The van der Waals surface area contributed by atoms with Crippen LogP contribution in [0.4, 0.5) is 5.69 Å². The van der Waals surface area contributed by atoms with Crippen LogP contribution in [0.1, 0.15) is 19.3 Å². The molecule has 2 aromatic rings. The Morgan fingerprint density at radius 1 is 1.07 bits per heavy atom. The molecule has 0 radical (unpaired) electrons. The third-order valence-corrected chi connectivity index (χ3v) is 7.16. The first-order valence-electron chi connectivity index (χ1n) is 9.80. The Balaban J connectivity index is 1.65. The summed E-state index contributed by atoms with van der Waals surface area (Å²) in [4.78, 5) is 12.6. The molecule has 7 nitrogen and oxygen atoms in total. The number of hydrogen-bond acceptors (Lipinski definition) is 5. The summed E-state index contributed by atoms with van der Waals surface area (Å²) < 4.78 is 38.6. The van der Waals surface area contributed by atoms with Crippen molar-refractivity contribution in [2.45, 2.75) is 24.2 Å². The third kappa shape index (κ3) is 4.44. The van der Waals surface area contributed by atoms with Crippen molar-refractivity contribution in [2.75, 3.05) is 31.6 Å². The third-order valence-electron chi connectivity index (χ3n) is 5.26. The van der Waals surface area contributed by atoms with Crippen molar-refractivity contribution >= 4 is 21.6 Å². The highest BCUT2D eigenvalue weighted by molar-refractivity contribution is 7.89. The quantitative estimate of drug-likeness (QED) is 0.781. The average molecular weight is 416 g/mol. The van der Waals surface area contributed by atoms with Gasteiger partial charge in [-0.25, -0.2) is 8.42 Å². The number of benzene rings is 2. The summed E-state index contributed by atoms with van der Waals surface area (Å²) in [5.74, 6) is 0.884. The zero-order chi connectivity index (χ0) is 20.3. The van der Waals surface area contributed by atoms with Crippen molar-refractivity contribution in [3.63, 3.8) is 0 Å². The van der Waals surface area contributed by atoms with Crippen molar-refractivity contribution < 1.29 is 22.7 Å². The van der Waals surface area contributed by atoms with E-state index < -0.39 is 10.0 Å². The van der Waals surface area contributed by atoms with E-state index in [1.54, 1.807) is 18.2 Å². The number of para-hydroxylation sites is 1. The Labute approximate surface area is 170 Å². The number of ether oxygens (including phenoxy) is 2. The first-order valence-corrected chi connectivity index (χ1v) is 11.2. The van der Waals surface area contributed by atoms with Crippen LogP contribution in [0, 0.1) is 5.92 Å². The van der Waals surface area contributed by atoms with E-state index in [4.69, 9.17) is 9.47 Å². The maximum atomic E-state index is 13.0. The summed E-state index contributed by atoms with van der Waals surface area (Å²) in [6.45, 7) is 1.38. The summed E-state index contributed by atoms with van der Waals surface area (Å²) in [6, 6.07) is 13.8. The highest BCUT2D eigenvalue weighted by Gasteiger charge is 2.29. The van der Waals surface area contributed by atoms with Gasteiger partial charge in [0.15, 0.2) is 5.75 Å². The van der Waals surface area contributed by atoms with Crippen molar-refractivity contribution in [3.8, 4) is 11.5 Å². The number of morpholine rings is 1. The van der Waals surface area contributed by atoms with Crippen LogP contribution in [0.25, 0.3) is 0 Å². The van der Waals surface area contributed by atoms with E-state index in [2.05, 4.69) is 5.32 Å². The highest BCUT2D eigenvalue weighted by Crippen LogP contribution is 2.35. The minimum absolute atomic E-state index is 0.0286. The van der Waals surface area contributed by atoms with Gasteiger partial charge in [-0.1, -0.05) is 24.6 Å². The number of amides is 1. The summed E-state index contributed by atoms with van der Waals surface area (Å²) in [7, 11) is -3.68. The minimum Gasteiger partial charge on any atom is -0.455 e. The van der Waals surface area contributed by atoms with Crippen LogP contribution in [0.2, 0.25) is 0 Å². The van der Waals surface area contributed by atoms with Gasteiger partial charge in [-0.2, -0.15) is 4.31 Å². The van der Waals surface area contributed by atoms with Crippen LogP contribution in [0.5, 0.6) is 11.5 Å². The highest BCUT2D eigenvalue weighted by atomic mass is 32.2. The van der Waals surface area contributed by atoms with Gasteiger partial charge in [0.2, 0.25) is 15.9 Å². The van der Waals surface area contributed by atoms with Gasteiger partial charge in [0.05, 0.1) is 23.8 Å². The number of anilines is 1. The number of nitrogens with zero attached hydrogens (tertiary/aromatic N) is 1. The second kappa shape index (κ2) is 8.52. The molecular formula is C21H24N2O5S. The second-order valence-electron chi connectivity index (χ2n) is 7.21. The van der Waals surface area contributed by atoms with Gasteiger partial charge in [0.1, 0.15) is 5.75 Å². The molecule has 0 bridgehead atoms. The minimum atomic E-state index is -3.68. The van der Waals surface area contributed by atoms with E-state index in [0.717, 1.165) is 19.3 Å². The van der Waals surface area contributed by atoms with Gasteiger partial charge in [-0.15, -0.1) is 0 Å². The fourth-order valence-corrected chi connectivity index (χ4v) is 4.75. The molecular weight excluding hydrogens is 392 g/mol. The molecule has 4 rings (SSSR count). The van der Waals surface area contributed by atoms with Crippen molar-refractivity contribution in [1.82, 2.24) is 4.31 Å². The van der Waals surface area contributed by atoms with Gasteiger partial charge >= 0.3 is 0 Å². The van der Waals surface area contributed by atoms with Crippen LogP contribution >= 0.6 is 0 Å². The van der Waals surface area contributed by atoms with Crippen LogP contribution in [-0.2, 0) is 19.6 Å². The number of carbonyl (C=O) groups excluding carboxylic acids is 1. The van der Waals surface area contributed by atoms with E-state index >= 15 is 0 Å². The molecule has 29 heavy (non-hydrogen) atoms. The molecule has 0 unspecified atom stereocenters. The van der Waals surface area contributed by atoms with E-state index in [9.17, 15) is 13.2 Å². The molecule has 0 spiro atoms. The molecule has 2 aromatic carbocycles. The van der Waals surface area contributed by atoms with E-state index in [1.165, 1.54) is 16.4 Å². The molecule has 8 heteroatoms. The van der Waals surface area contributed by atoms with Gasteiger partial charge in [-0.05, 0) is 43.2 Å². The standard InChI is InChI=1S/C21H24N2O5S/c24-21(16-5-4-6-16)22-19-15-18(29(25,26)23-11-13-27-14-12-23)9-10-20(19)28-17-7-2-1-3-8-17/h1-3,7-10,15-16H,4-6,11-14H2,(H,22,24). The Kier molecular flexibility index (Phi) is 5.84. The lowest BCUT2D eigenvalue weighted by atomic mass is 9.85. The predicted molar refractivity (Wildman–Crippen MR) is 109 cm³/mol. The number of hydrogen-bond donors (Lipinski definition) is 1. The zero-order valence-corrected chi connectivity index (χ0v) is 16.9. The molecule has 1 saturated heterocycles. The van der Waals surface area contributed by atoms with Crippen molar-refractivity contribution in [2.24, 2.45) is 5.92 Å². The molecule has 1 amide bonds. The maximum absolute atomic E-state index is 13.0. The normalized spacial score (nSPS) is 18.1. The van der Waals surface area contributed by atoms with Crippen LogP contribution in [-0.4, -0.2) is 44.9 Å². The lowest BCUT2D eigenvalue weighted by Gasteiger charge is -2.27. The largest absolute Gasteiger partial charge is 0.455 e. The lowest BCUT2D eigenvalue weighted by molar-refractivity contribution is -0.122. The molecule has 2 aliphatic rings. The van der Waals surface area contributed by atoms with Crippen molar-refractivity contribution in [1.29, 1.82) is 0 Å². The number of rotatable bonds is 6. The van der Waals surface area contributed by atoms with Gasteiger partial charge < -0.3 is 14.8 Å². The lowest BCUT2D eigenvalue weighted by Crippen LogP contribution is -2.40. The fourth-order valence-electron chi connectivity index (χ4n) is 3.31. The number of sulfonamides is 1. The molecule has 0 aromatic heterocycles. The Morgan fingerprint density at radius 3 is 2.45 bits per heavy atom. The fraction of sp³-hybridized carbons (Fsp3) is 0.381. The Morgan fingerprint density at radius 2 is 1.79 bits per heavy atom.